The third-order valence-corrected chi connectivity index (χ3v) is 3.78. The topological polar surface area (TPSA) is 107 Å². The van der Waals surface area contributed by atoms with E-state index in [-0.39, 0.29) is 0 Å². The zero-order chi connectivity index (χ0) is 20.5. The first-order valence-corrected chi connectivity index (χ1v) is 9.37. The van der Waals surface area contributed by atoms with Gasteiger partial charge in [-0.3, -0.25) is 0 Å². The van der Waals surface area contributed by atoms with Gasteiger partial charge in [-0.05, 0) is 50.3 Å². The van der Waals surface area contributed by atoms with E-state index in [0.29, 0.717) is 6.61 Å². The molecule has 0 aliphatic carbocycles. The lowest BCUT2D eigenvalue weighted by Gasteiger charge is -2.30. The lowest BCUT2D eigenvalue weighted by atomic mass is 10.0. The van der Waals surface area contributed by atoms with Gasteiger partial charge < -0.3 is 25.0 Å². The Morgan fingerprint density at radius 2 is 1.78 bits per heavy atom. The van der Waals surface area contributed by atoms with Gasteiger partial charge in [0.25, 0.3) is 0 Å². The van der Waals surface area contributed by atoms with Crippen molar-refractivity contribution in [3.05, 3.63) is 30.3 Å². The van der Waals surface area contributed by atoms with Crippen LogP contribution in [0.25, 0.3) is 0 Å². The monoisotopic (exact) mass is 383 g/mol. The number of aliphatic carboxylic acids is 2. The Hall–Kier alpha value is -2.12. The van der Waals surface area contributed by atoms with Crippen LogP contribution >= 0.6 is 0 Å². The Balaban J connectivity index is 0.000000564. The normalized spacial score (nSPS) is 16.2. The summed E-state index contributed by atoms with van der Waals surface area (Å²) in [5, 5.41) is 22.7. The highest BCUT2D eigenvalue weighted by atomic mass is 16.5. The quantitative estimate of drug-likeness (QED) is 0.512. The highest BCUT2D eigenvalue weighted by Crippen LogP contribution is 2.15. The molecule has 1 aromatic carbocycles. The van der Waals surface area contributed by atoms with Gasteiger partial charge in [0.05, 0.1) is 6.61 Å². The first-order chi connectivity index (χ1) is 12.9. The zero-order valence-electron chi connectivity index (χ0n) is 16.3. The number of hydrogen-bond donors (Lipinski definition) is 3. The fraction of sp³-hybridized carbons (Fsp3) is 0.600. The molecule has 1 aliphatic rings. The van der Waals surface area contributed by atoms with Crippen LogP contribution in [0, 0.1) is 5.92 Å². The number of likely N-dealkylation sites (tertiary alicyclic amines) is 1. The third-order valence-electron chi connectivity index (χ3n) is 3.78. The van der Waals surface area contributed by atoms with Crippen LogP contribution in [0.1, 0.15) is 39.5 Å². The predicted molar refractivity (Wildman–Crippen MR) is 104 cm³/mol. The molecule has 7 nitrogen and oxygen atoms in total. The number of carbonyl (C=O) groups is 2. The molecule has 1 saturated heterocycles. The summed E-state index contributed by atoms with van der Waals surface area (Å²) in [4.78, 5) is 20.8. The molecule has 0 amide bonds. The van der Waals surface area contributed by atoms with Crippen molar-refractivity contribution in [3.63, 3.8) is 0 Å². The van der Waals surface area contributed by atoms with Crippen LogP contribution in [0.4, 0.5) is 0 Å². The van der Waals surface area contributed by atoms with Crippen molar-refractivity contribution < 1.29 is 29.6 Å². The summed E-state index contributed by atoms with van der Waals surface area (Å²) in [5.41, 5.74) is 0. The number of piperidine rings is 1. The fourth-order valence-corrected chi connectivity index (χ4v) is 2.48. The maximum atomic E-state index is 9.10. The largest absolute Gasteiger partial charge is 0.494 e. The van der Waals surface area contributed by atoms with Crippen LogP contribution in [-0.2, 0) is 9.59 Å². The summed E-state index contributed by atoms with van der Waals surface area (Å²) in [6, 6.07) is 10.1. The molecule has 0 spiro atoms. The molecule has 0 aromatic heterocycles. The van der Waals surface area contributed by atoms with E-state index in [2.05, 4.69) is 11.8 Å². The molecule has 27 heavy (non-hydrogen) atoms. The number of carboxylic acid groups (broad SMARTS) is 2. The standard InChI is InChI=1S/C15H23NO.C3H8O.C2H2O4/c1-14-7-5-10-16(13-14)11-6-12-17-15-8-3-2-4-9-15;1-2-3-4;3-1(4)2(5)6/h2-4,8-9,14H,5-7,10-13H2,1H3;4H,2-3H2,1H3;(H,3,4)(H,5,6). The lowest BCUT2D eigenvalue weighted by molar-refractivity contribution is -0.159. The predicted octanol–water partition coefficient (Wildman–Crippen LogP) is 2.73. The number of para-hydroxylation sites is 1. The second-order valence-electron chi connectivity index (χ2n) is 6.40. The van der Waals surface area contributed by atoms with Crippen LogP contribution in [0.5, 0.6) is 5.75 Å². The Kier molecular flexibility index (Phi) is 14.8. The smallest absolute Gasteiger partial charge is 0.414 e. The summed E-state index contributed by atoms with van der Waals surface area (Å²) in [6.45, 7) is 9.15. The van der Waals surface area contributed by atoms with Crippen LogP contribution in [-0.4, -0.2) is 65.0 Å². The molecule has 1 unspecified atom stereocenters. The molecule has 7 heteroatoms. The highest BCUT2D eigenvalue weighted by molar-refractivity contribution is 6.27. The molecule has 2 rings (SSSR count). The second-order valence-corrected chi connectivity index (χ2v) is 6.40. The molecule has 1 aliphatic heterocycles. The van der Waals surface area contributed by atoms with Crippen LogP contribution < -0.4 is 4.74 Å². The summed E-state index contributed by atoms with van der Waals surface area (Å²) < 4.78 is 5.70. The maximum Gasteiger partial charge on any atom is 0.414 e. The Morgan fingerprint density at radius 3 is 2.26 bits per heavy atom. The summed E-state index contributed by atoms with van der Waals surface area (Å²) >= 11 is 0. The number of nitrogens with zero attached hydrogens (tertiary/aromatic N) is 1. The third kappa shape index (κ3) is 14.7. The minimum atomic E-state index is -1.82. The van der Waals surface area contributed by atoms with E-state index in [4.69, 9.17) is 29.6 Å². The molecule has 3 N–H and O–H groups in total. The number of ether oxygens (including phenoxy) is 1. The van der Waals surface area contributed by atoms with Gasteiger partial charge in [0.1, 0.15) is 5.75 Å². The van der Waals surface area contributed by atoms with Crippen molar-refractivity contribution >= 4 is 11.9 Å². The molecule has 0 saturated carbocycles. The van der Waals surface area contributed by atoms with Crippen molar-refractivity contribution in [1.82, 2.24) is 4.90 Å². The van der Waals surface area contributed by atoms with Crippen molar-refractivity contribution in [3.8, 4) is 5.75 Å². The minimum Gasteiger partial charge on any atom is -0.494 e. The second kappa shape index (κ2) is 16.1. The van der Waals surface area contributed by atoms with E-state index in [1.165, 1.54) is 32.5 Å². The molecule has 0 bridgehead atoms. The van der Waals surface area contributed by atoms with Gasteiger partial charge in [-0.25, -0.2) is 9.59 Å². The molecular formula is C20H33NO6. The van der Waals surface area contributed by atoms with E-state index in [1.54, 1.807) is 0 Å². The van der Waals surface area contributed by atoms with E-state index in [9.17, 15) is 0 Å². The van der Waals surface area contributed by atoms with Gasteiger partial charge in [-0.15, -0.1) is 0 Å². The molecule has 1 fully saturated rings. The number of carboxylic acids is 2. The van der Waals surface area contributed by atoms with E-state index < -0.39 is 11.9 Å². The van der Waals surface area contributed by atoms with E-state index in [1.807, 2.05) is 37.3 Å². The first-order valence-electron chi connectivity index (χ1n) is 9.37. The van der Waals surface area contributed by atoms with Crippen molar-refractivity contribution in [1.29, 1.82) is 0 Å². The number of aliphatic hydroxyl groups excluding tert-OH is 1. The van der Waals surface area contributed by atoms with Crippen molar-refractivity contribution in [2.24, 2.45) is 5.92 Å². The van der Waals surface area contributed by atoms with Gasteiger partial charge >= 0.3 is 11.9 Å². The Labute approximate surface area is 161 Å². The molecule has 1 heterocycles. The van der Waals surface area contributed by atoms with Gasteiger partial charge in [0.15, 0.2) is 0 Å². The number of aliphatic hydroxyl groups is 1. The van der Waals surface area contributed by atoms with Gasteiger partial charge in [0, 0.05) is 19.7 Å². The molecule has 0 radical (unpaired) electrons. The Morgan fingerprint density at radius 1 is 1.19 bits per heavy atom. The van der Waals surface area contributed by atoms with E-state index >= 15 is 0 Å². The molecule has 1 atom stereocenters. The van der Waals surface area contributed by atoms with Crippen LogP contribution in [0.3, 0.4) is 0 Å². The minimum absolute atomic E-state index is 0.319. The van der Waals surface area contributed by atoms with Crippen LogP contribution in [0.2, 0.25) is 0 Å². The lowest BCUT2D eigenvalue weighted by Crippen LogP contribution is -2.35. The summed E-state index contributed by atoms with van der Waals surface area (Å²) in [7, 11) is 0. The average molecular weight is 383 g/mol. The highest BCUT2D eigenvalue weighted by Gasteiger charge is 2.15. The fourth-order valence-electron chi connectivity index (χ4n) is 2.48. The SMILES string of the molecule is CC1CCCN(CCCOc2ccccc2)C1.CCCO.O=C(O)C(=O)O. The number of benzene rings is 1. The van der Waals surface area contributed by atoms with Crippen LogP contribution in [0.15, 0.2) is 30.3 Å². The summed E-state index contributed by atoms with van der Waals surface area (Å²) in [6.07, 6.45) is 4.76. The number of hydrogen-bond acceptors (Lipinski definition) is 5. The molecular weight excluding hydrogens is 350 g/mol. The van der Waals surface area contributed by atoms with Crippen molar-refractivity contribution in [2.75, 3.05) is 32.8 Å². The van der Waals surface area contributed by atoms with Gasteiger partial charge in [-0.1, -0.05) is 32.0 Å². The average Bonchev–Trinajstić information content (AvgIpc) is 2.67. The molecule has 154 valence electrons. The number of rotatable bonds is 6. The van der Waals surface area contributed by atoms with E-state index in [0.717, 1.165) is 31.1 Å². The van der Waals surface area contributed by atoms with Gasteiger partial charge in [0.2, 0.25) is 0 Å². The summed E-state index contributed by atoms with van der Waals surface area (Å²) in [5.74, 6) is -1.79. The van der Waals surface area contributed by atoms with Crippen molar-refractivity contribution in [2.45, 2.75) is 39.5 Å². The van der Waals surface area contributed by atoms with Gasteiger partial charge in [-0.2, -0.15) is 0 Å². The Bertz CT molecular complexity index is 494. The zero-order valence-corrected chi connectivity index (χ0v) is 16.3. The maximum absolute atomic E-state index is 9.10. The first kappa shape index (κ1) is 24.9. The molecule has 1 aromatic rings.